The number of amides is 1. The van der Waals surface area contributed by atoms with Crippen molar-refractivity contribution in [1.29, 1.82) is 0 Å². The van der Waals surface area contributed by atoms with E-state index in [2.05, 4.69) is 15.3 Å². The van der Waals surface area contributed by atoms with Gasteiger partial charge in [-0.25, -0.2) is 0 Å². The van der Waals surface area contributed by atoms with Gasteiger partial charge in [-0.1, -0.05) is 0 Å². The van der Waals surface area contributed by atoms with Gasteiger partial charge in [-0.15, -0.1) is 0 Å². The summed E-state index contributed by atoms with van der Waals surface area (Å²) in [5, 5.41) is 30.9. The van der Waals surface area contributed by atoms with Crippen LogP contribution in [0.4, 0.5) is 0 Å². The molecule has 0 aromatic carbocycles. The predicted octanol–water partition coefficient (Wildman–Crippen LogP) is -3.02. The molecule has 86 valence electrons. The molecule has 2 rings (SSSR count). The van der Waals surface area contributed by atoms with Crippen molar-refractivity contribution in [1.82, 2.24) is 10.8 Å². The molecular formula is C8H15N2O5+. The molecule has 2 aliphatic rings. The fraction of sp³-hybridized carbons (Fsp3) is 0.875. The zero-order valence-electron chi connectivity index (χ0n) is 8.25. The standard InChI is InChI=1S/C8H14N2O5/c1-3(12)9-5-7(14)6(13)4(2-11)15-8(5)10-15/h4-8,10-11,13-14H,2H2,1H3/p+1/t4-,5+,6+,7+,8+/m0/s1. The minimum absolute atomic E-state index is 0.275. The average Bonchev–Trinajstić information content (AvgIpc) is 2.92. The van der Waals surface area contributed by atoms with Gasteiger partial charge in [-0.05, 0) is 5.48 Å². The fourth-order valence-corrected chi connectivity index (χ4v) is 1.96. The summed E-state index contributed by atoms with van der Waals surface area (Å²) in [6, 6.07) is -0.578. The third kappa shape index (κ3) is 1.72. The maximum atomic E-state index is 10.9. The van der Waals surface area contributed by atoms with Crippen LogP contribution in [0, 0.1) is 0 Å². The Labute approximate surface area is 86.3 Å². The molecule has 0 spiro atoms. The molecule has 5 N–H and O–H groups in total. The molecule has 7 nitrogen and oxygen atoms in total. The normalized spacial score (nSPS) is 44.7. The zero-order chi connectivity index (χ0) is 11.2. The van der Waals surface area contributed by atoms with Gasteiger partial charge in [-0.3, -0.25) is 9.26 Å². The molecule has 1 amide bonds. The lowest BCUT2D eigenvalue weighted by atomic mass is 9.98. The van der Waals surface area contributed by atoms with Gasteiger partial charge in [0.15, 0.2) is 12.1 Å². The lowest BCUT2D eigenvalue weighted by Crippen LogP contribution is -2.59. The number of rotatable bonds is 2. The van der Waals surface area contributed by atoms with E-state index < -0.39 is 24.4 Å². The fourth-order valence-electron chi connectivity index (χ4n) is 1.96. The van der Waals surface area contributed by atoms with Crippen LogP contribution in [0.25, 0.3) is 0 Å². The summed E-state index contributed by atoms with van der Waals surface area (Å²) in [7, 11) is 0. The quantitative estimate of drug-likeness (QED) is 0.250. The van der Waals surface area contributed by atoms with Crippen LogP contribution < -0.4 is 10.8 Å². The second-order valence-corrected chi connectivity index (χ2v) is 3.84. The van der Waals surface area contributed by atoms with Crippen molar-refractivity contribution in [3.05, 3.63) is 0 Å². The molecule has 7 heteroatoms. The van der Waals surface area contributed by atoms with E-state index >= 15 is 0 Å². The minimum Gasteiger partial charge on any atom is -0.388 e. The van der Waals surface area contributed by atoms with Crippen molar-refractivity contribution in [2.75, 3.05) is 6.61 Å². The molecule has 0 saturated carbocycles. The second kappa shape index (κ2) is 3.69. The van der Waals surface area contributed by atoms with Crippen molar-refractivity contribution in [3.8, 4) is 0 Å². The summed E-state index contributed by atoms with van der Waals surface area (Å²) in [6.07, 6.45) is -3.09. The van der Waals surface area contributed by atoms with Gasteiger partial charge in [0.2, 0.25) is 12.0 Å². The van der Waals surface area contributed by atoms with Gasteiger partial charge in [0, 0.05) is 6.92 Å². The van der Waals surface area contributed by atoms with Crippen LogP contribution in [0.5, 0.6) is 0 Å². The van der Waals surface area contributed by atoms with Crippen LogP contribution >= 0.6 is 0 Å². The summed E-state index contributed by atoms with van der Waals surface area (Å²) in [5.41, 5.74) is 2.80. The first kappa shape index (κ1) is 10.8. The van der Waals surface area contributed by atoms with Crippen LogP contribution in [0.15, 0.2) is 0 Å². The molecule has 2 heterocycles. The van der Waals surface area contributed by atoms with E-state index in [9.17, 15) is 15.0 Å². The van der Waals surface area contributed by atoms with E-state index in [-0.39, 0.29) is 18.7 Å². The maximum Gasteiger partial charge on any atom is 0.316 e. The molecule has 2 fully saturated rings. The first-order chi connectivity index (χ1) is 7.06. The largest absolute Gasteiger partial charge is 0.388 e. The number of fused-ring (bicyclic) bond motifs is 1. The summed E-state index contributed by atoms with van der Waals surface area (Å²) in [4.78, 5) is 10.9. The van der Waals surface area contributed by atoms with Crippen LogP contribution in [0.1, 0.15) is 6.92 Å². The van der Waals surface area contributed by atoms with Crippen LogP contribution in [0.2, 0.25) is 0 Å². The molecule has 5 atom stereocenters. The van der Waals surface area contributed by atoms with E-state index in [0.717, 1.165) is 0 Å². The Hall–Kier alpha value is -0.730. The monoisotopic (exact) mass is 219 g/mol. The van der Waals surface area contributed by atoms with Crippen LogP contribution in [0.3, 0.4) is 0 Å². The predicted molar refractivity (Wildman–Crippen MR) is 48.5 cm³/mol. The highest BCUT2D eigenvalue weighted by molar-refractivity contribution is 5.73. The lowest BCUT2D eigenvalue weighted by molar-refractivity contribution is -0.199. The number of aliphatic hydroxyl groups is 3. The Morgan fingerprint density at radius 1 is 1.47 bits per heavy atom. The highest BCUT2D eigenvalue weighted by atomic mass is 17.0. The molecule has 2 saturated heterocycles. The van der Waals surface area contributed by atoms with Gasteiger partial charge in [0.05, 0.1) is 0 Å². The highest BCUT2D eigenvalue weighted by Crippen LogP contribution is 2.34. The lowest BCUT2D eigenvalue weighted by Gasteiger charge is -2.30. The number of nitrogens with one attached hydrogen (secondary N) is 2. The Bertz CT molecular complexity index is 274. The maximum absolute atomic E-state index is 10.9. The summed E-state index contributed by atoms with van der Waals surface area (Å²) >= 11 is 0. The molecule has 0 radical (unpaired) electrons. The van der Waals surface area contributed by atoms with Crippen molar-refractivity contribution in [3.63, 3.8) is 0 Å². The zero-order valence-corrected chi connectivity index (χ0v) is 8.25. The van der Waals surface area contributed by atoms with Gasteiger partial charge in [0.1, 0.15) is 12.7 Å². The molecule has 0 bridgehead atoms. The Balaban J connectivity index is 2.08. The molecule has 2 aliphatic heterocycles. The van der Waals surface area contributed by atoms with E-state index in [1.54, 1.807) is 0 Å². The summed E-state index contributed by atoms with van der Waals surface area (Å²) < 4.78 is 2.46. The SMILES string of the molecule is CC(=O)N[C@@H]1[C@@H](O)[C@H](O)[C@H](CO)[O+]2N[C@@H]12. The number of hydrogen-bond donors (Lipinski definition) is 5. The number of hydrogen-bond acceptors (Lipinski definition) is 5. The van der Waals surface area contributed by atoms with E-state index in [1.807, 2.05) is 0 Å². The highest BCUT2D eigenvalue weighted by Gasteiger charge is 2.65. The van der Waals surface area contributed by atoms with Crippen LogP contribution in [-0.4, -0.2) is 58.4 Å². The Morgan fingerprint density at radius 2 is 2.13 bits per heavy atom. The molecule has 0 aliphatic carbocycles. The topological polar surface area (TPSA) is 114 Å². The second-order valence-electron chi connectivity index (χ2n) is 3.84. The molecule has 0 aromatic heterocycles. The Morgan fingerprint density at radius 3 is 2.67 bits per heavy atom. The minimum atomic E-state index is -1.11. The summed E-state index contributed by atoms with van der Waals surface area (Å²) in [6.45, 7) is 1.06. The van der Waals surface area contributed by atoms with Crippen molar-refractivity contribution >= 4 is 5.91 Å². The molecule has 0 unspecified atom stereocenters. The molecule has 0 aromatic rings. The number of hydroxylamine groups is 1. The first-order valence-corrected chi connectivity index (χ1v) is 4.78. The van der Waals surface area contributed by atoms with E-state index in [1.165, 1.54) is 6.92 Å². The van der Waals surface area contributed by atoms with E-state index in [0.29, 0.717) is 0 Å². The molecule has 15 heavy (non-hydrogen) atoms. The molecular weight excluding hydrogens is 204 g/mol. The number of carbonyl (C=O) groups excluding carboxylic acids is 1. The van der Waals surface area contributed by atoms with Gasteiger partial charge < -0.3 is 20.6 Å². The average molecular weight is 219 g/mol. The smallest absolute Gasteiger partial charge is 0.316 e. The summed E-state index contributed by atoms with van der Waals surface area (Å²) in [5.74, 6) is -0.275. The third-order valence-electron chi connectivity index (χ3n) is 2.77. The van der Waals surface area contributed by atoms with Gasteiger partial charge >= 0.3 is 6.23 Å². The third-order valence-corrected chi connectivity index (χ3v) is 2.77. The van der Waals surface area contributed by atoms with Crippen LogP contribution in [-0.2, 0) is 9.26 Å². The van der Waals surface area contributed by atoms with Crippen molar-refractivity contribution in [2.45, 2.75) is 37.5 Å². The first-order valence-electron chi connectivity index (χ1n) is 4.78. The Kier molecular flexibility index (Phi) is 2.65. The van der Waals surface area contributed by atoms with Crippen molar-refractivity contribution in [2.24, 2.45) is 0 Å². The van der Waals surface area contributed by atoms with E-state index in [4.69, 9.17) is 5.11 Å². The van der Waals surface area contributed by atoms with Crippen molar-refractivity contribution < 1.29 is 24.6 Å². The van der Waals surface area contributed by atoms with Gasteiger partial charge in [0.25, 0.3) is 0 Å². The number of aliphatic hydroxyl groups excluding tert-OH is 3. The van der Waals surface area contributed by atoms with Gasteiger partial charge in [-0.2, -0.15) is 0 Å². The number of carbonyl (C=O) groups is 1.